The quantitative estimate of drug-likeness (QED) is 0.605. The van der Waals surface area contributed by atoms with Crippen LogP contribution >= 0.6 is 0 Å². The van der Waals surface area contributed by atoms with E-state index in [2.05, 4.69) is 10.6 Å². The van der Waals surface area contributed by atoms with E-state index >= 15 is 0 Å². The first-order valence-electron chi connectivity index (χ1n) is 7.55. The minimum absolute atomic E-state index is 0.0933. The molecule has 0 aromatic heterocycles. The van der Waals surface area contributed by atoms with Gasteiger partial charge in [-0.25, -0.2) is 9.59 Å². The molecule has 0 saturated heterocycles. The summed E-state index contributed by atoms with van der Waals surface area (Å²) in [6.45, 7) is 6.06. The number of ether oxygens (including phenoxy) is 2. The van der Waals surface area contributed by atoms with E-state index in [-0.39, 0.29) is 12.6 Å². The van der Waals surface area contributed by atoms with E-state index in [1.807, 2.05) is 26.8 Å². The predicted octanol–water partition coefficient (Wildman–Crippen LogP) is 2.22. The van der Waals surface area contributed by atoms with Gasteiger partial charge in [-0.1, -0.05) is 26.0 Å². The van der Waals surface area contributed by atoms with Gasteiger partial charge in [0.1, 0.15) is 6.04 Å². The lowest BCUT2D eigenvalue weighted by Crippen LogP contribution is -2.47. The second-order valence-corrected chi connectivity index (χ2v) is 5.34. The van der Waals surface area contributed by atoms with Gasteiger partial charge in [0, 0.05) is 0 Å². The number of aliphatic carboxylic acids is 1. The number of nitrogens with one attached hydrogen (secondary N) is 2. The molecule has 7 heteroatoms. The van der Waals surface area contributed by atoms with Gasteiger partial charge < -0.3 is 25.2 Å². The van der Waals surface area contributed by atoms with Crippen molar-refractivity contribution < 1.29 is 24.2 Å². The second-order valence-electron chi connectivity index (χ2n) is 5.34. The molecule has 0 bridgehead atoms. The summed E-state index contributed by atoms with van der Waals surface area (Å²) >= 11 is 0. The average Bonchev–Trinajstić information content (AvgIpc) is 2.48. The zero-order valence-corrected chi connectivity index (χ0v) is 13.7. The third-order valence-electron chi connectivity index (χ3n) is 2.92. The van der Waals surface area contributed by atoms with Crippen molar-refractivity contribution in [1.82, 2.24) is 10.6 Å². The summed E-state index contributed by atoms with van der Waals surface area (Å²) in [4.78, 5) is 22.8. The van der Waals surface area contributed by atoms with Crippen molar-refractivity contribution >= 4 is 12.0 Å². The first-order valence-corrected chi connectivity index (χ1v) is 7.55. The maximum atomic E-state index is 11.7. The molecular formula is C16H24N2O5. The van der Waals surface area contributed by atoms with E-state index in [9.17, 15) is 9.59 Å². The molecule has 1 aromatic carbocycles. The second kappa shape index (κ2) is 9.55. The predicted molar refractivity (Wildman–Crippen MR) is 85.7 cm³/mol. The molecule has 0 radical (unpaired) electrons. The minimum atomic E-state index is -1.06. The third-order valence-corrected chi connectivity index (χ3v) is 2.92. The zero-order valence-electron chi connectivity index (χ0n) is 13.7. The molecule has 128 valence electrons. The lowest BCUT2D eigenvalue weighted by atomic mass is 10.0. The molecule has 0 aliphatic carbocycles. The lowest BCUT2D eigenvalue weighted by Gasteiger charge is -2.17. The first kappa shape index (κ1) is 18.6. The monoisotopic (exact) mass is 324 g/mol. The summed E-state index contributed by atoms with van der Waals surface area (Å²) in [6.07, 6.45) is 0.358. The molecule has 0 spiro atoms. The molecule has 1 unspecified atom stereocenters. The van der Waals surface area contributed by atoms with Crippen LogP contribution in [0.1, 0.15) is 27.2 Å². The number of carbonyl (C=O) groups is 2. The van der Waals surface area contributed by atoms with E-state index in [1.54, 1.807) is 18.2 Å². The number of urea groups is 1. The van der Waals surface area contributed by atoms with Crippen LogP contribution in [0.4, 0.5) is 4.79 Å². The van der Waals surface area contributed by atoms with E-state index in [0.717, 1.165) is 0 Å². The van der Waals surface area contributed by atoms with Crippen LogP contribution in [0.25, 0.3) is 0 Å². The van der Waals surface area contributed by atoms with Crippen molar-refractivity contribution in [1.29, 1.82) is 0 Å². The number of rotatable bonds is 9. The van der Waals surface area contributed by atoms with E-state index in [0.29, 0.717) is 24.5 Å². The number of hydrogen-bond acceptors (Lipinski definition) is 4. The number of carbonyl (C=O) groups excluding carboxylic acids is 1. The summed E-state index contributed by atoms with van der Waals surface area (Å²) < 4.78 is 10.8. The van der Waals surface area contributed by atoms with Crippen molar-refractivity contribution in [3.05, 3.63) is 24.3 Å². The van der Waals surface area contributed by atoms with Crippen LogP contribution in [0.5, 0.6) is 11.5 Å². The van der Waals surface area contributed by atoms with Crippen LogP contribution in [-0.2, 0) is 4.79 Å². The van der Waals surface area contributed by atoms with Crippen LogP contribution in [0.15, 0.2) is 24.3 Å². The Morgan fingerprint density at radius 2 is 1.78 bits per heavy atom. The SMILES string of the molecule is CCOc1ccccc1OCNC(=O)NC(CC(C)C)C(=O)O. The van der Waals surface area contributed by atoms with Gasteiger partial charge in [-0.05, 0) is 31.4 Å². The van der Waals surface area contributed by atoms with Gasteiger partial charge >= 0.3 is 12.0 Å². The third kappa shape index (κ3) is 6.90. The van der Waals surface area contributed by atoms with Crippen molar-refractivity contribution in [2.24, 2.45) is 5.92 Å². The standard InChI is InChI=1S/C16H24N2O5/c1-4-22-13-7-5-6-8-14(13)23-10-17-16(21)18-12(15(19)20)9-11(2)3/h5-8,11-12H,4,9-10H2,1-3H3,(H,19,20)(H2,17,18,21). The van der Waals surface area contributed by atoms with Crippen molar-refractivity contribution in [3.63, 3.8) is 0 Å². The van der Waals surface area contributed by atoms with Crippen LogP contribution < -0.4 is 20.1 Å². The Morgan fingerprint density at radius 3 is 2.30 bits per heavy atom. The average molecular weight is 324 g/mol. The highest BCUT2D eigenvalue weighted by molar-refractivity contribution is 5.82. The number of para-hydroxylation sites is 2. The highest BCUT2D eigenvalue weighted by Crippen LogP contribution is 2.25. The fourth-order valence-corrected chi connectivity index (χ4v) is 1.93. The topological polar surface area (TPSA) is 96.9 Å². The summed E-state index contributed by atoms with van der Waals surface area (Å²) in [5.41, 5.74) is 0. The Kier molecular flexibility index (Phi) is 7.73. The van der Waals surface area contributed by atoms with E-state index < -0.39 is 18.0 Å². The number of carboxylic acid groups (broad SMARTS) is 1. The maximum absolute atomic E-state index is 11.7. The molecule has 3 N–H and O–H groups in total. The normalized spacial score (nSPS) is 11.7. The van der Waals surface area contributed by atoms with E-state index in [4.69, 9.17) is 14.6 Å². The number of carboxylic acids is 1. The van der Waals surface area contributed by atoms with Gasteiger partial charge in [-0.3, -0.25) is 0 Å². The largest absolute Gasteiger partial charge is 0.490 e. The Hall–Kier alpha value is -2.44. The number of benzene rings is 1. The van der Waals surface area contributed by atoms with Crippen molar-refractivity contribution in [2.75, 3.05) is 13.3 Å². The molecule has 2 amide bonds. The fourth-order valence-electron chi connectivity index (χ4n) is 1.93. The van der Waals surface area contributed by atoms with Gasteiger partial charge in [0.2, 0.25) is 0 Å². The van der Waals surface area contributed by atoms with Crippen LogP contribution in [0, 0.1) is 5.92 Å². The highest BCUT2D eigenvalue weighted by atomic mass is 16.5. The smallest absolute Gasteiger partial charge is 0.326 e. The molecule has 1 rings (SSSR count). The molecule has 0 fully saturated rings. The summed E-state index contributed by atoms with van der Waals surface area (Å²) in [5.74, 6) is 0.189. The fraction of sp³-hybridized carbons (Fsp3) is 0.500. The lowest BCUT2D eigenvalue weighted by molar-refractivity contribution is -0.139. The zero-order chi connectivity index (χ0) is 17.2. The molecule has 23 heavy (non-hydrogen) atoms. The summed E-state index contributed by atoms with van der Waals surface area (Å²) in [5, 5.41) is 14.0. The molecule has 1 aromatic rings. The molecule has 0 aliphatic heterocycles. The molecule has 0 aliphatic rings. The molecule has 7 nitrogen and oxygen atoms in total. The molecular weight excluding hydrogens is 300 g/mol. The Balaban J connectivity index is 2.46. The first-order chi connectivity index (χ1) is 10.9. The van der Waals surface area contributed by atoms with Crippen LogP contribution in [0.2, 0.25) is 0 Å². The highest BCUT2D eigenvalue weighted by Gasteiger charge is 2.20. The number of amides is 2. The number of hydrogen-bond donors (Lipinski definition) is 3. The minimum Gasteiger partial charge on any atom is -0.490 e. The maximum Gasteiger partial charge on any atom is 0.326 e. The van der Waals surface area contributed by atoms with Crippen LogP contribution in [-0.4, -0.2) is 36.5 Å². The Labute approximate surface area is 136 Å². The molecule has 0 heterocycles. The van der Waals surface area contributed by atoms with Gasteiger partial charge in [0.15, 0.2) is 18.2 Å². The Bertz CT molecular complexity index is 519. The van der Waals surface area contributed by atoms with Gasteiger partial charge in [-0.2, -0.15) is 0 Å². The van der Waals surface area contributed by atoms with E-state index in [1.165, 1.54) is 0 Å². The van der Waals surface area contributed by atoms with Crippen molar-refractivity contribution in [3.8, 4) is 11.5 Å². The summed E-state index contributed by atoms with van der Waals surface area (Å²) in [7, 11) is 0. The van der Waals surface area contributed by atoms with Gasteiger partial charge in [0.25, 0.3) is 0 Å². The molecule has 1 atom stereocenters. The van der Waals surface area contributed by atoms with Crippen LogP contribution in [0.3, 0.4) is 0 Å². The summed E-state index contributed by atoms with van der Waals surface area (Å²) in [6, 6.07) is 5.59. The Morgan fingerprint density at radius 1 is 1.17 bits per heavy atom. The van der Waals surface area contributed by atoms with Gasteiger partial charge in [0.05, 0.1) is 6.61 Å². The van der Waals surface area contributed by atoms with Gasteiger partial charge in [-0.15, -0.1) is 0 Å². The molecule has 0 saturated carbocycles. The van der Waals surface area contributed by atoms with Crippen molar-refractivity contribution in [2.45, 2.75) is 33.2 Å².